The van der Waals surface area contributed by atoms with Crippen molar-refractivity contribution in [2.45, 2.75) is 13.8 Å². The molecule has 0 aliphatic heterocycles. The number of carbonyl (C=O) groups is 1. The van der Waals surface area contributed by atoms with Gasteiger partial charge in [0.15, 0.2) is 0 Å². The van der Waals surface area contributed by atoms with Crippen molar-refractivity contribution >= 4 is 12.0 Å². The maximum Gasteiger partial charge on any atom is 0.330 e. The summed E-state index contributed by atoms with van der Waals surface area (Å²) in [7, 11) is 1.36. The van der Waals surface area contributed by atoms with Crippen molar-refractivity contribution in [1.29, 1.82) is 0 Å². The maximum atomic E-state index is 10.7. The maximum absolute atomic E-state index is 10.7. The molecule has 1 aromatic rings. The smallest absolute Gasteiger partial charge is 0.330 e. The van der Waals surface area contributed by atoms with Gasteiger partial charge in [0.05, 0.1) is 7.11 Å². The molecule has 0 saturated carbocycles. The Labute approximate surface area is 85.2 Å². The first-order chi connectivity index (χ1) is 6.83. The van der Waals surface area contributed by atoms with Gasteiger partial charge in [0.25, 0.3) is 0 Å². The van der Waals surface area contributed by atoms with E-state index in [0.29, 0.717) is 0 Å². The number of ether oxygens (including phenoxy) is 1. The summed E-state index contributed by atoms with van der Waals surface area (Å²) in [5, 5.41) is 0. The predicted octanol–water partition coefficient (Wildman–Crippen LogP) is 2.90. The zero-order valence-electron chi connectivity index (χ0n) is 8.86. The van der Waals surface area contributed by atoms with E-state index in [0.717, 1.165) is 5.56 Å². The first-order valence-electron chi connectivity index (χ1n) is 4.64. The number of esters is 1. The van der Waals surface area contributed by atoms with Crippen molar-refractivity contribution in [3.8, 4) is 0 Å². The highest BCUT2D eigenvalue weighted by molar-refractivity contribution is 5.86. The van der Waals surface area contributed by atoms with Gasteiger partial charge in [0, 0.05) is 6.08 Å². The van der Waals surface area contributed by atoms with Gasteiger partial charge in [0.2, 0.25) is 0 Å². The Morgan fingerprint density at radius 1 is 1.21 bits per heavy atom. The van der Waals surface area contributed by atoms with Crippen LogP contribution in [-0.2, 0) is 9.53 Å². The highest BCUT2D eigenvalue weighted by Crippen LogP contribution is 2.00. The van der Waals surface area contributed by atoms with E-state index in [1.165, 1.54) is 13.2 Å². The Morgan fingerprint density at radius 3 is 2.29 bits per heavy atom. The summed E-state index contributed by atoms with van der Waals surface area (Å²) in [5.74, 6) is -0.334. The average molecular weight is 192 g/mol. The molecule has 76 valence electrons. The minimum absolute atomic E-state index is 0.334. The fourth-order valence-corrected chi connectivity index (χ4v) is 0.796. The lowest BCUT2D eigenvalue weighted by atomic mass is 10.2. The first-order valence-corrected chi connectivity index (χ1v) is 4.64. The van der Waals surface area contributed by atoms with Gasteiger partial charge in [0.1, 0.15) is 0 Å². The summed E-state index contributed by atoms with van der Waals surface area (Å²) in [6.45, 7) is 4.00. The van der Waals surface area contributed by atoms with Gasteiger partial charge >= 0.3 is 5.97 Å². The van der Waals surface area contributed by atoms with Crippen molar-refractivity contribution < 1.29 is 9.53 Å². The van der Waals surface area contributed by atoms with E-state index in [2.05, 4.69) is 4.74 Å². The lowest BCUT2D eigenvalue weighted by Gasteiger charge is -1.91. The topological polar surface area (TPSA) is 26.3 Å². The number of methoxy groups -OCH3 is 1. The van der Waals surface area contributed by atoms with E-state index < -0.39 is 0 Å². The Morgan fingerprint density at radius 2 is 1.79 bits per heavy atom. The van der Waals surface area contributed by atoms with Crippen LogP contribution in [0.1, 0.15) is 19.4 Å². The molecule has 0 radical (unpaired) electrons. The van der Waals surface area contributed by atoms with E-state index >= 15 is 0 Å². The van der Waals surface area contributed by atoms with Gasteiger partial charge in [-0.2, -0.15) is 0 Å². The average Bonchev–Trinajstić information content (AvgIpc) is 2.30. The second-order valence-electron chi connectivity index (χ2n) is 2.27. The molecular weight excluding hydrogens is 176 g/mol. The normalized spacial score (nSPS) is 9.07. The number of hydrogen-bond acceptors (Lipinski definition) is 2. The fraction of sp³-hybridized carbons (Fsp3) is 0.250. The van der Waals surface area contributed by atoms with Crippen molar-refractivity contribution in [3.63, 3.8) is 0 Å². The molecule has 0 N–H and O–H groups in total. The summed E-state index contributed by atoms with van der Waals surface area (Å²) in [5.41, 5.74) is 0.989. The molecule has 0 amide bonds. The van der Waals surface area contributed by atoms with Gasteiger partial charge in [-0.15, -0.1) is 0 Å². The van der Waals surface area contributed by atoms with E-state index in [1.807, 2.05) is 44.2 Å². The highest BCUT2D eigenvalue weighted by atomic mass is 16.5. The second kappa shape index (κ2) is 8.05. The quantitative estimate of drug-likeness (QED) is 0.532. The standard InChI is InChI=1S/C10H10O2.C2H6/c1-12-10(11)8-7-9-5-3-2-4-6-9;1-2/h2-8H,1H3;1-2H3. The Bertz CT molecular complexity index is 276. The number of benzene rings is 1. The fourth-order valence-electron chi connectivity index (χ4n) is 0.796. The van der Waals surface area contributed by atoms with Crippen molar-refractivity contribution in [1.82, 2.24) is 0 Å². The van der Waals surface area contributed by atoms with E-state index in [4.69, 9.17) is 0 Å². The van der Waals surface area contributed by atoms with Gasteiger partial charge in [-0.05, 0) is 11.6 Å². The molecule has 0 spiro atoms. The third-order valence-corrected chi connectivity index (χ3v) is 1.41. The first kappa shape index (κ1) is 12.4. The second-order valence-corrected chi connectivity index (χ2v) is 2.27. The molecule has 0 atom stereocenters. The Hall–Kier alpha value is -1.57. The highest BCUT2D eigenvalue weighted by Gasteiger charge is 1.89. The molecule has 0 unspecified atom stereocenters. The van der Waals surface area contributed by atoms with Crippen LogP contribution in [0.15, 0.2) is 36.4 Å². The molecule has 0 aromatic heterocycles. The zero-order valence-corrected chi connectivity index (χ0v) is 8.86. The van der Waals surface area contributed by atoms with Crippen LogP contribution in [0.5, 0.6) is 0 Å². The largest absolute Gasteiger partial charge is 0.466 e. The van der Waals surface area contributed by atoms with Crippen LogP contribution in [0.4, 0.5) is 0 Å². The minimum atomic E-state index is -0.334. The molecule has 0 heterocycles. The van der Waals surface area contributed by atoms with Gasteiger partial charge in [-0.1, -0.05) is 44.2 Å². The van der Waals surface area contributed by atoms with Crippen LogP contribution in [0.2, 0.25) is 0 Å². The van der Waals surface area contributed by atoms with Crippen LogP contribution in [0.3, 0.4) is 0 Å². The minimum Gasteiger partial charge on any atom is -0.466 e. The van der Waals surface area contributed by atoms with E-state index in [1.54, 1.807) is 6.08 Å². The third-order valence-electron chi connectivity index (χ3n) is 1.41. The van der Waals surface area contributed by atoms with Gasteiger partial charge in [-0.3, -0.25) is 0 Å². The molecule has 0 fully saturated rings. The SMILES string of the molecule is CC.COC(=O)C=Cc1ccccc1. The number of rotatable bonds is 2. The number of hydrogen-bond donors (Lipinski definition) is 0. The molecule has 1 rings (SSSR count). The van der Waals surface area contributed by atoms with Crippen LogP contribution in [0, 0.1) is 0 Å². The molecular formula is C12H16O2. The molecule has 2 heteroatoms. The lowest BCUT2D eigenvalue weighted by molar-refractivity contribution is -0.134. The lowest BCUT2D eigenvalue weighted by Crippen LogP contribution is -1.92. The molecule has 1 aromatic carbocycles. The van der Waals surface area contributed by atoms with Crippen LogP contribution in [0.25, 0.3) is 6.08 Å². The summed E-state index contributed by atoms with van der Waals surface area (Å²) >= 11 is 0. The van der Waals surface area contributed by atoms with E-state index in [9.17, 15) is 4.79 Å². The van der Waals surface area contributed by atoms with E-state index in [-0.39, 0.29) is 5.97 Å². The monoisotopic (exact) mass is 192 g/mol. The Balaban J connectivity index is 0.000000791. The van der Waals surface area contributed by atoms with Crippen molar-refractivity contribution in [2.75, 3.05) is 7.11 Å². The van der Waals surface area contributed by atoms with Gasteiger partial charge < -0.3 is 4.74 Å². The summed E-state index contributed by atoms with van der Waals surface area (Å²) in [4.78, 5) is 10.7. The van der Waals surface area contributed by atoms with Crippen LogP contribution < -0.4 is 0 Å². The molecule has 0 bridgehead atoms. The van der Waals surface area contributed by atoms with Crippen molar-refractivity contribution in [3.05, 3.63) is 42.0 Å². The Kier molecular flexibility index (Phi) is 7.15. The molecule has 0 aliphatic carbocycles. The molecule has 14 heavy (non-hydrogen) atoms. The van der Waals surface area contributed by atoms with Gasteiger partial charge in [-0.25, -0.2) is 4.79 Å². The summed E-state index contributed by atoms with van der Waals surface area (Å²) in [6, 6.07) is 9.59. The summed E-state index contributed by atoms with van der Waals surface area (Å²) in [6.07, 6.45) is 3.11. The van der Waals surface area contributed by atoms with Crippen LogP contribution >= 0.6 is 0 Å². The predicted molar refractivity (Wildman–Crippen MR) is 58.8 cm³/mol. The molecule has 0 saturated heterocycles. The van der Waals surface area contributed by atoms with Crippen molar-refractivity contribution in [2.24, 2.45) is 0 Å². The summed E-state index contributed by atoms with van der Waals surface area (Å²) < 4.78 is 4.45. The molecule has 2 nitrogen and oxygen atoms in total. The number of carbonyl (C=O) groups excluding carboxylic acids is 1. The van der Waals surface area contributed by atoms with Crippen LogP contribution in [-0.4, -0.2) is 13.1 Å². The third kappa shape index (κ3) is 5.14. The molecule has 0 aliphatic rings. The zero-order chi connectivity index (χ0) is 10.8.